The highest BCUT2D eigenvalue weighted by Crippen LogP contribution is 2.38. The number of carbonyl (C=O) groups is 1. The summed E-state index contributed by atoms with van der Waals surface area (Å²) in [7, 11) is 0. The molecule has 0 aliphatic heterocycles. The fourth-order valence-corrected chi connectivity index (χ4v) is 5.57. The van der Waals surface area contributed by atoms with Gasteiger partial charge < -0.3 is 30.9 Å². The number of carbonyl (C=O) groups excluding carboxylic acids is 1. The normalized spacial score (nSPS) is 16.1. The third kappa shape index (κ3) is 5.33. The zero-order chi connectivity index (χ0) is 28.2. The average molecular weight is 541 g/mol. The predicted molar refractivity (Wildman–Crippen MR) is 157 cm³/mol. The van der Waals surface area contributed by atoms with Crippen LogP contribution in [0.2, 0.25) is 0 Å². The first-order valence-corrected chi connectivity index (χ1v) is 13.8. The lowest BCUT2D eigenvalue weighted by Gasteiger charge is -2.22. The first-order valence-electron chi connectivity index (χ1n) is 13.8. The summed E-state index contributed by atoms with van der Waals surface area (Å²) in [6, 6.07) is 17.8. The molecule has 0 spiro atoms. The fraction of sp³-hybridized carbons (Fsp3) is 0.312. The third-order valence-electron chi connectivity index (χ3n) is 7.40. The molecule has 0 fully saturated rings. The number of amides is 1. The molecule has 1 heterocycles. The number of nitrogens with zero attached hydrogens (tertiary/aromatic N) is 1. The molecule has 208 valence electrons. The Morgan fingerprint density at radius 2 is 1.80 bits per heavy atom. The Bertz CT molecular complexity index is 1540. The van der Waals surface area contributed by atoms with Gasteiger partial charge in [-0.1, -0.05) is 43.3 Å². The van der Waals surface area contributed by atoms with Crippen LogP contribution in [0.4, 0.5) is 11.4 Å². The molecule has 4 aromatic rings. The van der Waals surface area contributed by atoms with Crippen LogP contribution in [-0.4, -0.2) is 35.3 Å². The number of anilines is 2. The SMILES string of the molecule is CCOc1cc2ncc(C(N)=O)c(Nc3cccc(CN[C@@H]4c5ccccc5C[C@@H]4O)c3CC)c2cc1OCC. The number of aliphatic hydroxyl groups is 1. The van der Waals surface area contributed by atoms with Crippen molar-refractivity contribution in [1.82, 2.24) is 10.3 Å². The molecule has 0 saturated heterocycles. The average Bonchev–Trinajstić information content (AvgIpc) is 3.27. The van der Waals surface area contributed by atoms with E-state index in [4.69, 9.17) is 15.2 Å². The molecule has 5 N–H and O–H groups in total. The van der Waals surface area contributed by atoms with Gasteiger partial charge in [-0.3, -0.25) is 9.78 Å². The molecule has 1 aliphatic rings. The van der Waals surface area contributed by atoms with Gasteiger partial charge in [0.25, 0.3) is 5.91 Å². The van der Waals surface area contributed by atoms with E-state index in [0.717, 1.165) is 28.8 Å². The van der Waals surface area contributed by atoms with Crippen LogP contribution in [0.1, 0.15) is 59.4 Å². The minimum Gasteiger partial charge on any atom is -0.490 e. The summed E-state index contributed by atoms with van der Waals surface area (Å²) >= 11 is 0. The van der Waals surface area contributed by atoms with Crippen molar-refractivity contribution in [3.8, 4) is 11.5 Å². The first kappa shape index (κ1) is 27.4. The summed E-state index contributed by atoms with van der Waals surface area (Å²) in [5, 5.41) is 18.5. The topological polar surface area (TPSA) is 119 Å². The lowest BCUT2D eigenvalue weighted by Crippen LogP contribution is -2.28. The van der Waals surface area contributed by atoms with E-state index in [2.05, 4.69) is 40.7 Å². The summed E-state index contributed by atoms with van der Waals surface area (Å²) in [6.45, 7) is 7.46. The maximum absolute atomic E-state index is 12.5. The van der Waals surface area contributed by atoms with Crippen LogP contribution in [0.25, 0.3) is 10.9 Å². The Labute approximate surface area is 234 Å². The Balaban J connectivity index is 1.51. The van der Waals surface area contributed by atoms with Crippen molar-refractivity contribution in [2.75, 3.05) is 18.5 Å². The van der Waals surface area contributed by atoms with Gasteiger partial charge in [0.05, 0.1) is 42.1 Å². The van der Waals surface area contributed by atoms with E-state index in [1.807, 2.05) is 50.2 Å². The highest BCUT2D eigenvalue weighted by Gasteiger charge is 2.30. The smallest absolute Gasteiger partial charge is 0.252 e. The van der Waals surface area contributed by atoms with E-state index in [9.17, 15) is 9.90 Å². The summed E-state index contributed by atoms with van der Waals surface area (Å²) < 4.78 is 11.6. The van der Waals surface area contributed by atoms with E-state index in [-0.39, 0.29) is 11.6 Å². The standard InChI is InChI=1S/C32H36N4O4/c1-4-21-20(17-35-31-22-12-8-7-10-19(22)14-27(31)37)11-9-13-25(21)36-30-23-15-28(39-5-2)29(40-6-3)16-26(23)34-18-24(30)32(33)38/h7-13,15-16,18,27,31,35,37H,4-6,14,17H2,1-3H3,(H2,33,38)(H,34,36)/t27-,31+/m0/s1. The first-order chi connectivity index (χ1) is 19.4. The number of nitrogens with two attached hydrogens (primary N) is 1. The van der Waals surface area contributed by atoms with Gasteiger partial charge >= 0.3 is 0 Å². The molecule has 1 amide bonds. The quantitative estimate of drug-likeness (QED) is 0.207. The predicted octanol–water partition coefficient (Wildman–Crippen LogP) is 5.19. The highest BCUT2D eigenvalue weighted by atomic mass is 16.5. The zero-order valence-corrected chi connectivity index (χ0v) is 23.2. The van der Waals surface area contributed by atoms with Crippen LogP contribution in [0, 0.1) is 0 Å². The monoisotopic (exact) mass is 540 g/mol. The van der Waals surface area contributed by atoms with Crippen molar-refractivity contribution < 1.29 is 19.4 Å². The highest BCUT2D eigenvalue weighted by molar-refractivity contribution is 6.08. The number of benzene rings is 3. The lowest BCUT2D eigenvalue weighted by atomic mass is 10.0. The molecule has 0 radical (unpaired) electrons. The number of fused-ring (bicyclic) bond motifs is 2. The Morgan fingerprint density at radius 1 is 1.05 bits per heavy atom. The van der Waals surface area contributed by atoms with Crippen molar-refractivity contribution in [3.05, 3.63) is 88.6 Å². The second-order valence-corrected chi connectivity index (χ2v) is 9.84. The van der Waals surface area contributed by atoms with Crippen LogP contribution >= 0.6 is 0 Å². The molecule has 1 aromatic heterocycles. The molecule has 8 nitrogen and oxygen atoms in total. The molecule has 8 heteroatoms. The molecule has 40 heavy (non-hydrogen) atoms. The lowest BCUT2D eigenvalue weighted by molar-refractivity contribution is 0.100. The van der Waals surface area contributed by atoms with Crippen LogP contribution in [0.5, 0.6) is 11.5 Å². The van der Waals surface area contributed by atoms with Crippen molar-refractivity contribution >= 4 is 28.2 Å². The minimum absolute atomic E-state index is 0.125. The molecule has 0 unspecified atom stereocenters. The summed E-state index contributed by atoms with van der Waals surface area (Å²) in [5.41, 5.74) is 12.7. The summed E-state index contributed by atoms with van der Waals surface area (Å²) in [6.07, 6.45) is 2.44. The number of primary amides is 1. The summed E-state index contributed by atoms with van der Waals surface area (Å²) in [5.74, 6) is 0.598. The zero-order valence-electron chi connectivity index (χ0n) is 23.2. The van der Waals surface area contributed by atoms with Crippen molar-refractivity contribution in [3.63, 3.8) is 0 Å². The maximum atomic E-state index is 12.5. The van der Waals surface area contributed by atoms with Crippen LogP contribution < -0.4 is 25.8 Å². The number of rotatable bonds is 11. The Morgan fingerprint density at radius 3 is 2.52 bits per heavy atom. The van der Waals surface area contributed by atoms with Gasteiger partial charge in [0.15, 0.2) is 11.5 Å². The Hall–Kier alpha value is -4.14. The number of pyridine rings is 1. The number of hydrogen-bond acceptors (Lipinski definition) is 7. The van der Waals surface area contributed by atoms with Crippen LogP contribution in [-0.2, 0) is 19.4 Å². The molecule has 0 saturated carbocycles. The number of aromatic nitrogens is 1. The van der Waals surface area contributed by atoms with Crippen LogP contribution in [0.3, 0.4) is 0 Å². The number of ether oxygens (including phenoxy) is 2. The van der Waals surface area contributed by atoms with Crippen LogP contribution in [0.15, 0.2) is 60.8 Å². The number of hydrogen-bond donors (Lipinski definition) is 4. The number of aliphatic hydroxyl groups excluding tert-OH is 1. The minimum atomic E-state index is -0.575. The van der Waals surface area contributed by atoms with Gasteiger partial charge in [0.1, 0.15) is 0 Å². The van der Waals surface area contributed by atoms with Gasteiger partial charge in [-0.05, 0) is 54.7 Å². The van der Waals surface area contributed by atoms with Gasteiger partial charge in [-0.15, -0.1) is 0 Å². The van der Waals surface area contributed by atoms with Crippen molar-refractivity contribution in [2.24, 2.45) is 5.73 Å². The second kappa shape index (κ2) is 11.9. The second-order valence-electron chi connectivity index (χ2n) is 9.84. The molecule has 5 rings (SSSR count). The largest absolute Gasteiger partial charge is 0.490 e. The number of nitrogens with one attached hydrogen (secondary N) is 2. The van der Waals surface area contributed by atoms with E-state index < -0.39 is 12.0 Å². The third-order valence-corrected chi connectivity index (χ3v) is 7.40. The van der Waals surface area contributed by atoms with E-state index in [1.54, 1.807) is 0 Å². The van der Waals surface area contributed by atoms with E-state index in [0.29, 0.717) is 54.3 Å². The summed E-state index contributed by atoms with van der Waals surface area (Å²) in [4.78, 5) is 17.0. The molecule has 1 aliphatic carbocycles. The van der Waals surface area contributed by atoms with Crippen molar-refractivity contribution in [1.29, 1.82) is 0 Å². The molecule has 0 bridgehead atoms. The fourth-order valence-electron chi connectivity index (χ4n) is 5.57. The van der Waals surface area contributed by atoms with E-state index in [1.165, 1.54) is 11.8 Å². The molecule has 2 atom stereocenters. The Kier molecular flexibility index (Phi) is 8.19. The van der Waals surface area contributed by atoms with Gasteiger partial charge in [-0.25, -0.2) is 0 Å². The van der Waals surface area contributed by atoms with E-state index >= 15 is 0 Å². The van der Waals surface area contributed by atoms with Gasteiger partial charge in [0.2, 0.25) is 0 Å². The molecule has 3 aromatic carbocycles. The van der Waals surface area contributed by atoms with Gasteiger partial charge in [-0.2, -0.15) is 0 Å². The van der Waals surface area contributed by atoms with Crippen molar-refractivity contribution in [2.45, 2.75) is 52.3 Å². The molecular weight excluding hydrogens is 504 g/mol. The maximum Gasteiger partial charge on any atom is 0.252 e. The van der Waals surface area contributed by atoms with Gasteiger partial charge in [0, 0.05) is 36.3 Å². The molecular formula is C32H36N4O4.